The molecule has 0 bridgehead atoms. The molecule has 0 aromatic rings. The first-order chi connectivity index (χ1) is 7.54. The zero-order valence-corrected chi connectivity index (χ0v) is 11.6. The van der Waals surface area contributed by atoms with E-state index in [1.165, 1.54) is 6.42 Å². The molecule has 0 aromatic heterocycles. The maximum absolute atomic E-state index is 14.0. The van der Waals surface area contributed by atoms with Crippen LogP contribution in [0.2, 0.25) is 0 Å². The molecule has 1 aliphatic rings. The van der Waals surface area contributed by atoms with Crippen molar-refractivity contribution in [3.63, 3.8) is 0 Å². The van der Waals surface area contributed by atoms with E-state index in [4.69, 9.17) is 11.6 Å². The van der Waals surface area contributed by atoms with Gasteiger partial charge in [-0.05, 0) is 50.4 Å². The molecule has 16 heavy (non-hydrogen) atoms. The SMILES string of the molecule is CCC(CCC(C)Cl)C1CCC(C)CC1F. The summed E-state index contributed by atoms with van der Waals surface area (Å²) in [5, 5.41) is 0.231. The minimum atomic E-state index is -0.570. The van der Waals surface area contributed by atoms with E-state index in [1.54, 1.807) is 0 Å². The second kappa shape index (κ2) is 6.83. The second-order valence-corrected chi connectivity index (χ2v) is 6.37. The molecule has 2 heteroatoms. The average Bonchev–Trinajstić information content (AvgIpc) is 2.21. The Balaban J connectivity index is 2.45. The molecule has 96 valence electrons. The van der Waals surface area contributed by atoms with Crippen molar-refractivity contribution in [2.45, 2.75) is 70.8 Å². The molecule has 1 saturated carbocycles. The predicted octanol–water partition coefficient (Wildman–Crippen LogP) is 5.19. The van der Waals surface area contributed by atoms with Gasteiger partial charge < -0.3 is 0 Å². The number of halogens is 2. The van der Waals surface area contributed by atoms with Gasteiger partial charge in [0.25, 0.3) is 0 Å². The van der Waals surface area contributed by atoms with Crippen LogP contribution in [0.25, 0.3) is 0 Å². The van der Waals surface area contributed by atoms with E-state index in [1.807, 2.05) is 6.92 Å². The fourth-order valence-electron chi connectivity index (χ4n) is 3.03. The maximum Gasteiger partial charge on any atom is 0.103 e. The van der Waals surface area contributed by atoms with Crippen LogP contribution >= 0.6 is 11.6 Å². The Labute approximate surface area is 105 Å². The standard InChI is InChI=1S/C14H26ClF/c1-4-12(7-6-11(3)15)13-8-5-10(2)9-14(13)16/h10-14H,4-9H2,1-3H3. The number of rotatable bonds is 5. The molecule has 0 amide bonds. The Kier molecular flexibility index (Phi) is 6.10. The zero-order chi connectivity index (χ0) is 12.1. The van der Waals surface area contributed by atoms with Crippen LogP contribution < -0.4 is 0 Å². The summed E-state index contributed by atoms with van der Waals surface area (Å²) in [5.41, 5.74) is 0. The van der Waals surface area contributed by atoms with Crippen molar-refractivity contribution in [3.05, 3.63) is 0 Å². The molecule has 0 nitrogen and oxygen atoms in total. The zero-order valence-electron chi connectivity index (χ0n) is 10.9. The summed E-state index contributed by atoms with van der Waals surface area (Å²) in [6.45, 7) is 6.39. The summed E-state index contributed by atoms with van der Waals surface area (Å²) in [4.78, 5) is 0. The summed E-state index contributed by atoms with van der Waals surface area (Å²) in [6.07, 6.45) is 5.72. The van der Waals surface area contributed by atoms with Gasteiger partial charge in [-0.2, -0.15) is 0 Å². The number of hydrogen-bond acceptors (Lipinski definition) is 0. The molecule has 0 heterocycles. The topological polar surface area (TPSA) is 0 Å². The maximum atomic E-state index is 14.0. The van der Waals surface area contributed by atoms with E-state index >= 15 is 0 Å². The van der Waals surface area contributed by atoms with E-state index in [0.29, 0.717) is 17.8 Å². The van der Waals surface area contributed by atoms with Gasteiger partial charge in [0, 0.05) is 5.38 Å². The number of hydrogen-bond donors (Lipinski definition) is 0. The highest BCUT2D eigenvalue weighted by atomic mass is 35.5. The minimum absolute atomic E-state index is 0.231. The molecule has 1 rings (SSSR count). The molecule has 0 saturated heterocycles. The molecule has 5 unspecified atom stereocenters. The van der Waals surface area contributed by atoms with Crippen molar-refractivity contribution in [2.75, 3.05) is 0 Å². The lowest BCUT2D eigenvalue weighted by Gasteiger charge is -2.35. The molecule has 1 aliphatic carbocycles. The lowest BCUT2D eigenvalue weighted by atomic mass is 9.73. The Morgan fingerprint density at radius 1 is 1.31 bits per heavy atom. The third-order valence-corrected chi connectivity index (χ3v) is 4.37. The van der Waals surface area contributed by atoms with Crippen LogP contribution in [0.15, 0.2) is 0 Å². The first-order valence-corrected chi connectivity index (χ1v) is 7.26. The smallest absolute Gasteiger partial charge is 0.103 e. The van der Waals surface area contributed by atoms with Crippen molar-refractivity contribution in [1.29, 1.82) is 0 Å². The van der Waals surface area contributed by atoms with Gasteiger partial charge in [-0.3, -0.25) is 0 Å². The van der Waals surface area contributed by atoms with Gasteiger partial charge in [-0.15, -0.1) is 11.6 Å². The minimum Gasteiger partial charge on any atom is -0.247 e. The number of alkyl halides is 2. The molecular weight excluding hydrogens is 223 g/mol. The lowest BCUT2D eigenvalue weighted by Crippen LogP contribution is -2.31. The Morgan fingerprint density at radius 3 is 2.50 bits per heavy atom. The summed E-state index contributed by atoms with van der Waals surface area (Å²) < 4.78 is 14.0. The van der Waals surface area contributed by atoms with Gasteiger partial charge in [0.15, 0.2) is 0 Å². The van der Waals surface area contributed by atoms with Gasteiger partial charge in [-0.25, -0.2) is 4.39 Å². The van der Waals surface area contributed by atoms with Gasteiger partial charge in [0.1, 0.15) is 6.17 Å². The Morgan fingerprint density at radius 2 is 2.00 bits per heavy atom. The van der Waals surface area contributed by atoms with Crippen LogP contribution in [-0.2, 0) is 0 Å². The van der Waals surface area contributed by atoms with E-state index in [-0.39, 0.29) is 5.38 Å². The van der Waals surface area contributed by atoms with Crippen LogP contribution in [0.4, 0.5) is 4.39 Å². The molecule has 0 N–H and O–H groups in total. The van der Waals surface area contributed by atoms with E-state index in [0.717, 1.165) is 32.1 Å². The van der Waals surface area contributed by atoms with Crippen molar-refractivity contribution >= 4 is 11.6 Å². The molecule has 0 radical (unpaired) electrons. The second-order valence-electron chi connectivity index (χ2n) is 5.62. The fourth-order valence-corrected chi connectivity index (χ4v) is 3.16. The van der Waals surface area contributed by atoms with Crippen molar-refractivity contribution in [1.82, 2.24) is 0 Å². The third kappa shape index (κ3) is 4.24. The monoisotopic (exact) mass is 248 g/mol. The van der Waals surface area contributed by atoms with E-state index in [9.17, 15) is 4.39 Å². The largest absolute Gasteiger partial charge is 0.247 e. The van der Waals surface area contributed by atoms with E-state index < -0.39 is 6.17 Å². The normalized spacial score (nSPS) is 34.7. The lowest BCUT2D eigenvalue weighted by molar-refractivity contribution is 0.0811. The van der Waals surface area contributed by atoms with Crippen molar-refractivity contribution in [3.8, 4) is 0 Å². The highest BCUT2D eigenvalue weighted by Gasteiger charge is 2.33. The highest BCUT2D eigenvalue weighted by Crippen LogP contribution is 2.38. The van der Waals surface area contributed by atoms with Crippen LogP contribution in [0.3, 0.4) is 0 Å². The summed E-state index contributed by atoms with van der Waals surface area (Å²) in [7, 11) is 0. The third-order valence-electron chi connectivity index (χ3n) is 4.15. The van der Waals surface area contributed by atoms with Gasteiger partial charge >= 0.3 is 0 Å². The van der Waals surface area contributed by atoms with Crippen molar-refractivity contribution < 1.29 is 4.39 Å². The predicted molar refractivity (Wildman–Crippen MR) is 69.7 cm³/mol. The molecule has 1 fully saturated rings. The van der Waals surface area contributed by atoms with Crippen LogP contribution in [-0.4, -0.2) is 11.5 Å². The van der Waals surface area contributed by atoms with E-state index in [2.05, 4.69) is 13.8 Å². The van der Waals surface area contributed by atoms with Crippen LogP contribution in [0.5, 0.6) is 0 Å². The molecule has 0 spiro atoms. The summed E-state index contributed by atoms with van der Waals surface area (Å²) in [5.74, 6) is 1.43. The molecular formula is C14H26ClF. The Hall–Kier alpha value is 0.220. The van der Waals surface area contributed by atoms with Gasteiger partial charge in [-0.1, -0.05) is 26.7 Å². The quantitative estimate of drug-likeness (QED) is 0.587. The molecule has 0 aromatic carbocycles. The van der Waals surface area contributed by atoms with Crippen LogP contribution in [0.1, 0.15) is 59.3 Å². The van der Waals surface area contributed by atoms with Crippen LogP contribution in [0, 0.1) is 17.8 Å². The molecule has 5 atom stereocenters. The molecule has 0 aliphatic heterocycles. The Bertz CT molecular complexity index is 193. The average molecular weight is 249 g/mol. The summed E-state index contributed by atoms with van der Waals surface area (Å²) >= 11 is 5.98. The van der Waals surface area contributed by atoms with Crippen molar-refractivity contribution in [2.24, 2.45) is 17.8 Å². The first kappa shape index (κ1) is 14.3. The first-order valence-electron chi connectivity index (χ1n) is 6.82. The van der Waals surface area contributed by atoms with Gasteiger partial charge in [0.05, 0.1) is 0 Å². The fraction of sp³-hybridized carbons (Fsp3) is 1.00. The summed E-state index contributed by atoms with van der Waals surface area (Å²) in [6, 6.07) is 0. The van der Waals surface area contributed by atoms with Gasteiger partial charge in [0.2, 0.25) is 0 Å². The highest BCUT2D eigenvalue weighted by molar-refractivity contribution is 6.20.